The van der Waals surface area contributed by atoms with Gasteiger partial charge in [-0.25, -0.2) is 8.78 Å². The molecule has 3 aliphatic rings. The van der Waals surface area contributed by atoms with Gasteiger partial charge in [0.15, 0.2) is 0 Å². The Hall–Kier alpha value is -1.23. The van der Waals surface area contributed by atoms with Crippen LogP contribution in [0.1, 0.15) is 76.4 Å². The number of aromatic nitrogens is 1. The van der Waals surface area contributed by atoms with Gasteiger partial charge in [-0.05, 0) is 55.9 Å². The summed E-state index contributed by atoms with van der Waals surface area (Å²) in [6.45, 7) is 7.40. The minimum atomic E-state index is -2.45. The zero-order chi connectivity index (χ0) is 19.9. The third-order valence-electron chi connectivity index (χ3n) is 7.27. The molecule has 0 amide bonds. The molecule has 0 unspecified atom stereocenters. The lowest BCUT2D eigenvalue weighted by Gasteiger charge is -2.48. The van der Waals surface area contributed by atoms with Crippen LogP contribution in [0.3, 0.4) is 0 Å². The number of alkyl halides is 2. The van der Waals surface area contributed by atoms with Crippen molar-refractivity contribution in [2.24, 2.45) is 17.8 Å². The summed E-state index contributed by atoms with van der Waals surface area (Å²) in [6.07, 6.45) is 4.73. The van der Waals surface area contributed by atoms with Gasteiger partial charge in [-0.2, -0.15) is 0 Å². The molecule has 1 aromatic heterocycles. The Balaban J connectivity index is 1.51. The highest BCUT2D eigenvalue weighted by Crippen LogP contribution is 2.44. The second-order valence-electron chi connectivity index (χ2n) is 9.91. The van der Waals surface area contributed by atoms with Crippen LogP contribution in [0.25, 0.3) is 0 Å². The molecule has 3 heterocycles. The van der Waals surface area contributed by atoms with Crippen molar-refractivity contribution in [3.63, 3.8) is 0 Å². The zero-order valence-electron chi connectivity index (χ0n) is 17.2. The van der Waals surface area contributed by atoms with Crippen LogP contribution in [-0.4, -0.2) is 35.0 Å². The summed E-state index contributed by atoms with van der Waals surface area (Å²) < 4.78 is 29.1. The molecule has 0 spiro atoms. The minimum Gasteiger partial charge on any atom is -0.309 e. The first kappa shape index (κ1) is 20.1. The van der Waals surface area contributed by atoms with Crippen molar-refractivity contribution in [3.8, 4) is 0 Å². The number of fused-ring (bicyclic) bond motifs is 4. The maximum atomic E-state index is 13.5. The first-order valence-electron chi connectivity index (χ1n) is 11.1. The number of rotatable bonds is 5. The molecule has 1 saturated heterocycles. The molecule has 2 bridgehead atoms. The molecule has 3 atom stereocenters. The van der Waals surface area contributed by atoms with E-state index in [0.29, 0.717) is 36.5 Å². The van der Waals surface area contributed by atoms with Gasteiger partial charge in [0.25, 0.3) is 5.56 Å². The van der Waals surface area contributed by atoms with E-state index in [-0.39, 0.29) is 24.4 Å². The van der Waals surface area contributed by atoms with Crippen LogP contribution in [0.4, 0.5) is 8.78 Å². The number of nitrogens with zero attached hydrogens (tertiary/aromatic N) is 2. The van der Waals surface area contributed by atoms with Gasteiger partial charge in [0.2, 0.25) is 5.92 Å². The molecular formula is C23H34F2N2O. The van der Waals surface area contributed by atoms with Gasteiger partial charge in [0, 0.05) is 56.2 Å². The largest absolute Gasteiger partial charge is 0.309 e. The fraction of sp³-hybridized carbons (Fsp3) is 0.783. The molecule has 5 heteroatoms. The van der Waals surface area contributed by atoms with Crippen molar-refractivity contribution >= 4 is 0 Å². The van der Waals surface area contributed by atoms with Crippen molar-refractivity contribution in [2.45, 2.75) is 76.7 Å². The van der Waals surface area contributed by atoms with E-state index in [1.807, 2.05) is 6.07 Å². The molecule has 1 saturated carbocycles. The van der Waals surface area contributed by atoms with Crippen molar-refractivity contribution in [2.75, 3.05) is 19.6 Å². The molecule has 0 aromatic carbocycles. The lowest BCUT2D eigenvalue weighted by Crippen LogP contribution is -2.50. The fourth-order valence-electron chi connectivity index (χ4n) is 5.81. The van der Waals surface area contributed by atoms with E-state index in [0.717, 1.165) is 38.9 Å². The van der Waals surface area contributed by atoms with Crippen LogP contribution < -0.4 is 5.56 Å². The Morgan fingerprint density at radius 3 is 2.64 bits per heavy atom. The molecule has 1 aliphatic carbocycles. The van der Waals surface area contributed by atoms with Crippen molar-refractivity contribution in [3.05, 3.63) is 34.2 Å². The highest BCUT2D eigenvalue weighted by atomic mass is 19.3. The van der Waals surface area contributed by atoms with Gasteiger partial charge in [0.05, 0.1) is 0 Å². The summed E-state index contributed by atoms with van der Waals surface area (Å²) in [4.78, 5) is 15.2. The number of piperidine rings is 1. The summed E-state index contributed by atoms with van der Waals surface area (Å²) in [7, 11) is 0. The molecule has 1 aromatic rings. The molecule has 0 radical (unpaired) electrons. The first-order valence-corrected chi connectivity index (χ1v) is 11.1. The van der Waals surface area contributed by atoms with E-state index in [1.54, 1.807) is 6.07 Å². The fourth-order valence-corrected chi connectivity index (χ4v) is 5.81. The van der Waals surface area contributed by atoms with Gasteiger partial charge in [0.1, 0.15) is 0 Å². The molecule has 2 fully saturated rings. The van der Waals surface area contributed by atoms with E-state index >= 15 is 0 Å². The maximum absolute atomic E-state index is 13.5. The van der Waals surface area contributed by atoms with E-state index < -0.39 is 5.92 Å². The predicted octanol–water partition coefficient (Wildman–Crippen LogP) is 5.07. The Morgan fingerprint density at radius 1 is 1.18 bits per heavy atom. The summed E-state index contributed by atoms with van der Waals surface area (Å²) >= 11 is 0. The third-order valence-corrected chi connectivity index (χ3v) is 7.27. The average molecular weight is 393 g/mol. The topological polar surface area (TPSA) is 25.2 Å². The molecule has 28 heavy (non-hydrogen) atoms. The number of halogens is 2. The van der Waals surface area contributed by atoms with Crippen LogP contribution in [-0.2, 0) is 0 Å². The number of hydrogen-bond acceptors (Lipinski definition) is 2. The highest BCUT2D eigenvalue weighted by Gasteiger charge is 2.41. The van der Waals surface area contributed by atoms with Gasteiger partial charge in [-0.15, -0.1) is 0 Å². The number of likely N-dealkylation sites (tertiary alicyclic amines) is 1. The van der Waals surface area contributed by atoms with Gasteiger partial charge in [-0.3, -0.25) is 4.79 Å². The number of pyridine rings is 1. The Kier molecular flexibility index (Phi) is 5.65. The molecule has 0 N–H and O–H groups in total. The number of hydrogen-bond donors (Lipinski definition) is 0. The minimum absolute atomic E-state index is 0.0492. The smallest absolute Gasteiger partial charge is 0.250 e. The van der Waals surface area contributed by atoms with E-state index in [9.17, 15) is 13.6 Å². The second-order valence-corrected chi connectivity index (χ2v) is 9.91. The summed E-state index contributed by atoms with van der Waals surface area (Å²) in [5.41, 5.74) is 1.33. The van der Waals surface area contributed by atoms with Crippen LogP contribution in [0, 0.1) is 17.8 Å². The van der Waals surface area contributed by atoms with Crippen molar-refractivity contribution in [1.82, 2.24) is 9.47 Å². The Bertz CT molecular complexity index is 734. The molecule has 4 rings (SSSR count). The first-order chi connectivity index (χ1) is 13.3. The lowest BCUT2D eigenvalue weighted by atomic mass is 9.76. The Labute approximate surface area is 167 Å². The van der Waals surface area contributed by atoms with E-state index in [2.05, 4.69) is 29.4 Å². The van der Waals surface area contributed by atoms with E-state index in [4.69, 9.17) is 0 Å². The van der Waals surface area contributed by atoms with Crippen LogP contribution >= 0.6 is 0 Å². The lowest BCUT2D eigenvalue weighted by molar-refractivity contribution is -0.0511. The second kappa shape index (κ2) is 7.89. The zero-order valence-corrected chi connectivity index (χ0v) is 17.2. The quantitative estimate of drug-likeness (QED) is 0.699. The van der Waals surface area contributed by atoms with Crippen molar-refractivity contribution < 1.29 is 8.78 Å². The summed E-state index contributed by atoms with van der Waals surface area (Å²) in [6, 6.07) is 6.01. The van der Waals surface area contributed by atoms with Gasteiger partial charge < -0.3 is 9.47 Å². The average Bonchev–Trinajstić information content (AvgIpc) is 2.64. The molecular weight excluding hydrogens is 358 g/mol. The normalized spacial score (nSPS) is 30.4. The van der Waals surface area contributed by atoms with Crippen LogP contribution in [0.2, 0.25) is 0 Å². The van der Waals surface area contributed by atoms with Crippen LogP contribution in [0.15, 0.2) is 23.0 Å². The molecule has 3 nitrogen and oxygen atoms in total. The summed E-state index contributed by atoms with van der Waals surface area (Å²) in [5.74, 6) is -0.533. The van der Waals surface area contributed by atoms with E-state index in [1.165, 1.54) is 5.69 Å². The van der Waals surface area contributed by atoms with Crippen LogP contribution in [0.5, 0.6) is 0 Å². The third kappa shape index (κ3) is 4.19. The highest BCUT2D eigenvalue weighted by molar-refractivity contribution is 5.19. The van der Waals surface area contributed by atoms with Gasteiger partial charge in [-0.1, -0.05) is 19.9 Å². The molecule has 2 aliphatic heterocycles. The SMILES string of the molecule is CC(C)CC[C@H]1[C@H]2C[C@H](CN(CC3CCC(F)(F)CC3)C2)c2cccc(=O)n21. The molecule has 156 valence electrons. The van der Waals surface area contributed by atoms with Crippen molar-refractivity contribution in [1.29, 1.82) is 0 Å². The van der Waals surface area contributed by atoms with Gasteiger partial charge >= 0.3 is 0 Å². The summed E-state index contributed by atoms with van der Waals surface area (Å²) in [5, 5.41) is 0. The monoisotopic (exact) mass is 392 g/mol. The standard InChI is InChI=1S/C23H34F2N2O/c1-16(2)6-7-21-19-12-18(20-4-3-5-22(28)27(20)21)14-26(15-19)13-17-8-10-23(24,25)11-9-17/h3-5,16-19,21H,6-15H2,1-2H3/t18-,19+,21+/m1/s1. The predicted molar refractivity (Wildman–Crippen MR) is 108 cm³/mol. The Morgan fingerprint density at radius 2 is 1.93 bits per heavy atom. The maximum Gasteiger partial charge on any atom is 0.250 e.